The monoisotopic (exact) mass is 304 g/mol. The van der Waals surface area contributed by atoms with Crippen LogP contribution in [0.15, 0.2) is 30.7 Å². The lowest BCUT2D eigenvalue weighted by Gasteiger charge is -2.09. The summed E-state index contributed by atoms with van der Waals surface area (Å²) in [5.74, 6) is 0.475. The Morgan fingerprint density at radius 3 is 2.71 bits per heavy atom. The van der Waals surface area contributed by atoms with Gasteiger partial charge in [0.1, 0.15) is 11.5 Å². The van der Waals surface area contributed by atoms with Crippen LogP contribution < -0.4 is 5.32 Å². The number of carbonyl (C=O) groups excluding carboxylic acids is 1. The summed E-state index contributed by atoms with van der Waals surface area (Å²) in [7, 11) is 0. The second-order valence-electron chi connectivity index (χ2n) is 4.94. The first-order chi connectivity index (χ1) is 10.1. The van der Waals surface area contributed by atoms with E-state index >= 15 is 0 Å². The summed E-state index contributed by atoms with van der Waals surface area (Å²) >= 11 is 6.00. The van der Waals surface area contributed by atoms with Crippen LogP contribution in [0.5, 0.6) is 0 Å². The maximum atomic E-state index is 12.1. The van der Waals surface area contributed by atoms with E-state index in [2.05, 4.69) is 20.3 Å². The largest absolute Gasteiger partial charge is 0.350 e. The summed E-state index contributed by atoms with van der Waals surface area (Å²) in [4.78, 5) is 24.4. The zero-order valence-corrected chi connectivity index (χ0v) is 12.8. The lowest BCUT2D eigenvalue weighted by Crippen LogP contribution is -2.27. The highest BCUT2D eigenvalue weighted by Gasteiger charge is 2.15. The molecule has 2 aromatic rings. The molecule has 0 aliphatic carbocycles. The van der Waals surface area contributed by atoms with Gasteiger partial charge in [-0.2, -0.15) is 0 Å². The maximum absolute atomic E-state index is 12.1. The van der Waals surface area contributed by atoms with E-state index in [1.165, 1.54) is 6.20 Å². The van der Waals surface area contributed by atoms with E-state index in [0.717, 1.165) is 12.0 Å². The number of hydrogen-bond acceptors (Lipinski definition) is 4. The van der Waals surface area contributed by atoms with Gasteiger partial charge in [0.25, 0.3) is 5.91 Å². The number of nitrogens with zero attached hydrogens (tertiary/aromatic N) is 3. The lowest BCUT2D eigenvalue weighted by molar-refractivity contribution is 0.0949. The second-order valence-corrected chi connectivity index (χ2v) is 5.35. The van der Waals surface area contributed by atoms with Crippen molar-refractivity contribution in [1.82, 2.24) is 20.3 Å². The average molecular weight is 305 g/mol. The summed E-state index contributed by atoms with van der Waals surface area (Å²) in [5, 5.41) is 3.08. The fourth-order valence-corrected chi connectivity index (χ4v) is 1.95. The number of rotatable bonds is 5. The van der Waals surface area contributed by atoms with Crippen LogP contribution in [0.2, 0.25) is 5.02 Å². The zero-order chi connectivity index (χ0) is 15.2. The number of halogens is 1. The Morgan fingerprint density at radius 1 is 1.33 bits per heavy atom. The van der Waals surface area contributed by atoms with Crippen molar-refractivity contribution in [1.29, 1.82) is 0 Å². The van der Waals surface area contributed by atoms with Crippen LogP contribution in [-0.2, 0) is 6.42 Å². The number of aromatic nitrogens is 3. The molecule has 1 N–H and O–H groups in total. The van der Waals surface area contributed by atoms with Crippen LogP contribution in [0.3, 0.4) is 0 Å². The second kappa shape index (κ2) is 7.13. The highest BCUT2D eigenvalue weighted by atomic mass is 35.5. The number of hydrogen-bond donors (Lipinski definition) is 1. The Morgan fingerprint density at radius 2 is 2.05 bits per heavy atom. The van der Waals surface area contributed by atoms with Crippen molar-refractivity contribution in [3.8, 4) is 0 Å². The molecule has 0 spiro atoms. The molecule has 5 nitrogen and oxygen atoms in total. The molecule has 0 aromatic carbocycles. The van der Waals surface area contributed by atoms with E-state index < -0.39 is 0 Å². The van der Waals surface area contributed by atoms with Crippen molar-refractivity contribution in [3.63, 3.8) is 0 Å². The minimum absolute atomic E-state index is 0.144. The van der Waals surface area contributed by atoms with Crippen molar-refractivity contribution >= 4 is 17.5 Å². The van der Waals surface area contributed by atoms with E-state index in [1.807, 2.05) is 26.0 Å². The van der Waals surface area contributed by atoms with Gasteiger partial charge >= 0.3 is 0 Å². The topological polar surface area (TPSA) is 67.8 Å². The molecule has 6 heteroatoms. The fourth-order valence-electron chi connectivity index (χ4n) is 1.77. The Bertz CT molecular complexity index is 616. The van der Waals surface area contributed by atoms with Crippen molar-refractivity contribution < 1.29 is 4.79 Å². The Balaban J connectivity index is 1.98. The molecule has 0 radical (unpaired) electrons. The van der Waals surface area contributed by atoms with Crippen molar-refractivity contribution in [2.75, 3.05) is 6.54 Å². The molecular weight excluding hydrogens is 288 g/mol. The van der Waals surface area contributed by atoms with Crippen LogP contribution in [-0.4, -0.2) is 27.4 Å². The molecule has 21 heavy (non-hydrogen) atoms. The molecule has 1 amide bonds. The molecule has 0 bridgehead atoms. The quantitative estimate of drug-likeness (QED) is 0.922. The summed E-state index contributed by atoms with van der Waals surface area (Å²) < 4.78 is 0. The molecule has 110 valence electrons. The molecule has 0 saturated carbocycles. The number of pyridine rings is 1. The third-order valence-corrected chi connectivity index (χ3v) is 3.22. The number of carbonyl (C=O) groups is 1. The minimum Gasteiger partial charge on any atom is -0.350 e. The highest BCUT2D eigenvalue weighted by Crippen LogP contribution is 2.16. The van der Waals surface area contributed by atoms with Crippen LogP contribution in [0, 0.1) is 0 Å². The van der Waals surface area contributed by atoms with Gasteiger partial charge < -0.3 is 5.32 Å². The first-order valence-electron chi connectivity index (χ1n) is 6.77. The zero-order valence-electron chi connectivity index (χ0n) is 12.0. The summed E-state index contributed by atoms with van der Waals surface area (Å²) in [6.45, 7) is 4.45. The summed E-state index contributed by atoms with van der Waals surface area (Å²) in [5.41, 5.74) is 1.34. The third-order valence-electron chi connectivity index (χ3n) is 2.94. The molecule has 0 fully saturated rings. The van der Waals surface area contributed by atoms with Crippen LogP contribution >= 0.6 is 11.6 Å². The maximum Gasteiger partial charge on any atom is 0.271 e. The summed E-state index contributed by atoms with van der Waals surface area (Å²) in [6, 6.07) is 3.83. The lowest BCUT2D eigenvalue weighted by atomic mass is 10.2. The predicted molar refractivity (Wildman–Crippen MR) is 81.4 cm³/mol. The molecule has 0 saturated heterocycles. The van der Waals surface area contributed by atoms with Gasteiger partial charge in [-0.3, -0.25) is 9.78 Å². The Hall–Kier alpha value is -2.01. The molecule has 0 atom stereocenters. The van der Waals surface area contributed by atoms with Gasteiger partial charge in [0.2, 0.25) is 0 Å². The van der Waals surface area contributed by atoms with Crippen molar-refractivity contribution in [2.45, 2.75) is 26.2 Å². The average Bonchev–Trinajstić information content (AvgIpc) is 2.48. The molecule has 2 aromatic heterocycles. The molecule has 0 unspecified atom stereocenters. The van der Waals surface area contributed by atoms with E-state index in [1.54, 1.807) is 12.4 Å². The fraction of sp³-hybridized carbons (Fsp3) is 0.333. The SMILES string of the molecule is CC(C)c1ncc(Cl)c(C(=O)NCCc2ccncc2)n1. The highest BCUT2D eigenvalue weighted by molar-refractivity contribution is 6.33. The minimum atomic E-state index is -0.279. The van der Waals surface area contributed by atoms with Gasteiger partial charge in [-0.1, -0.05) is 25.4 Å². The standard InChI is InChI=1S/C15H17ClN4O/c1-10(2)14-19-9-12(16)13(20-14)15(21)18-8-5-11-3-6-17-7-4-11/h3-4,6-7,9-10H,5,8H2,1-2H3,(H,18,21). The van der Waals surface area contributed by atoms with Crippen LogP contribution in [0.1, 0.15) is 41.6 Å². The summed E-state index contributed by atoms with van der Waals surface area (Å²) in [6.07, 6.45) is 5.66. The molecule has 0 aliphatic rings. The van der Waals surface area contributed by atoms with Gasteiger partial charge in [-0.15, -0.1) is 0 Å². The van der Waals surface area contributed by atoms with Crippen LogP contribution in [0.25, 0.3) is 0 Å². The molecule has 2 rings (SSSR count). The normalized spacial score (nSPS) is 10.7. The van der Waals surface area contributed by atoms with Crippen molar-refractivity contribution in [2.24, 2.45) is 0 Å². The molecule has 2 heterocycles. The first kappa shape index (κ1) is 15.4. The third kappa shape index (κ3) is 4.23. The van der Waals surface area contributed by atoms with Gasteiger partial charge in [0.05, 0.1) is 11.2 Å². The van der Waals surface area contributed by atoms with Gasteiger partial charge in [0.15, 0.2) is 0 Å². The molecule has 0 aliphatic heterocycles. The Kier molecular flexibility index (Phi) is 5.22. The predicted octanol–water partition coefficient (Wildman–Crippen LogP) is 2.62. The van der Waals surface area contributed by atoms with E-state index in [9.17, 15) is 4.79 Å². The number of amides is 1. The Labute approximate surface area is 128 Å². The van der Waals surface area contributed by atoms with Gasteiger partial charge in [0, 0.05) is 24.9 Å². The van der Waals surface area contributed by atoms with Gasteiger partial charge in [-0.05, 0) is 24.1 Å². The van der Waals surface area contributed by atoms with E-state index in [4.69, 9.17) is 11.6 Å². The van der Waals surface area contributed by atoms with Crippen LogP contribution in [0.4, 0.5) is 0 Å². The smallest absolute Gasteiger partial charge is 0.271 e. The number of nitrogens with one attached hydrogen (secondary N) is 1. The van der Waals surface area contributed by atoms with E-state index in [-0.39, 0.29) is 22.5 Å². The van der Waals surface area contributed by atoms with E-state index in [0.29, 0.717) is 12.4 Å². The van der Waals surface area contributed by atoms with Gasteiger partial charge in [-0.25, -0.2) is 9.97 Å². The van der Waals surface area contributed by atoms with Crippen molar-refractivity contribution in [3.05, 3.63) is 52.8 Å². The molecular formula is C15H17ClN4O. The first-order valence-corrected chi connectivity index (χ1v) is 7.15.